The van der Waals surface area contributed by atoms with Gasteiger partial charge in [0.1, 0.15) is 5.82 Å². The van der Waals surface area contributed by atoms with Gasteiger partial charge in [-0.25, -0.2) is 9.97 Å². The van der Waals surface area contributed by atoms with Crippen LogP contribution in [0.2, 0.25) is 0 Å². The van der Waals surface area contributed by atoms with Crippen LogP contribution in [0.5, 0.6) is 0 Å². The molecule has 0 aliphatic rings. The standard InChI is InChI=1S/C13H12F3N3S/c1-9-17-7-6-11(19-9)8-18-10-2-4-12(5-3-10)20-13(14,15)16/h2-7,18H,8H2,1H3. The molecule has 20 heavy (non-hydrogen) atoms. The van der Waals surface area contributed by atoms with Crippen molar-refractivity contribution in [3.63, 3.8) is 0 Å². The molecule has 0 saturated carbocycles. The van der Waals surface area contributed by atoms with E-state index in [0.29, 0.717) is 12.4 Å². The molecule has 2 rings (SSSR count). The topological polar surface area (TPSA) is 37.8 Å². The summed E-state index contributed by atoms with van der Waals surface area (Å²) in [6.45, 7) is 2.29. The average Bonchev–Trinajstić information content (AvgIpc) is 2.36. The largest absolute Gasteiger partial charge is 0.446 e. The zero-order valence-electron chi connectivity index (χ0n) is 10.6. The number of anilines is 1. The minimum atomic E-state index is -4.26. The second kappa shape index (κ2) is 6.13. The lowest BCUT2D eigenvalue weighted by Gasteiger charge is -2.08. The molecule has 0 atom stereocenters. The van der Waals surface area contributed by atoms with E-state index in [1.807, 2.05) is 0 Å². The van der Waals surface area contributed by atoms with Crippen molar-refractivity contribution in [2.45, 2.75) is 23.9 Å². The molecule has 0 radical (unpaired) electrons. The second-order valence-corrected chi connectivity index (χ2v) is 5.16. The van der Waals surface area contributed by atoms with Gasteiger partial charge in [0, 0.05) is 16.8 Å². The molecule has 3 nitrogen and oxygen atoms in total. The fourth-order valence-electron chi connectivity index (χ4n) is 1.57. The van der Waals surface area contributed by atoms with Crippen LogP contribution in [0.1, 0.15) is 11.5 Å². The number of alkyl halides is 3. The van der Waals surface area contributed by atoms with Crippen molar-refractivity contribution in [2.24, 2.45) is 0 Å². The van der Waals surface area contributed by atoms with Crippen molar-refractivity contribution >= 4 is 17.4 Å². The molecule has 0 amide bonds. The van der Waals surface area contributed by atoms with Gasteiger partial charge in [-0.1, -0.05) is 0 Å². The molecule has 7 heteroatoms. The summed E-state index contributed by atoms with van der Waals surface area (Å²) in [4.78, 5) is 8.39. The monoisotopic (exact) mass is 299 g/mol. The van der Waals surface area contributed by atoms with Gasteiger partial charge in [0.05, 0.1) is 12.2 Å². The van der Waals surface area contributed by atoms with Gasteiger partial charge in [0.25, 0.3) is 0 Å². The van der Waals surface area contributed by atoms with E-state index in [1.54, 1.807) is 31.3 Å². The van der Waals surface area contributed by atoms with Crippen LogP contribution in [0.25, 0.3) is 0 Å². The summed E-state index contributed by atoms with van der Waals surface area (Å²) in [5.74, 6) is 0.682. The number of halogens is 3. The number of nitrogens with one attached hydrogen (secondary N) is 1. The Balaban J connectivity index is 1.94. The van der Waals surface area contributed by atoms with Crippen LogP contribution >= 0.6 is 11.8 Å². The summed E-state index contributed by atoms with van der Waals surface area (Å²) >= 11 is -0.123. The number of hydrogen-bond acceptors (Lipinski definition) is 4. The molecule has 1 aromatic carbocycles. The molecule has 0 aliphatic heterocycles. The van der Waals surface area contributed by atoms with Gasteiger partial charge in [-0.3, -0.25) is 0 Å². The van der Waals surface area contributed by atoms with Crippen LogP contribution in [0.4, 0.5) is 18.9 Å². The second-order valence-electron chi connectivity index (χ2n) is 4.02. The fourth-order valence-corrected chi connectivity index (χ4v) is 2.11. The van der Waals surface area contributed by atoms with E-state index in [2.05, 4.69) is 15.3 Å². The van der Waals surface area contributed by atoms with Gasteiger partial charge >= 0.3 is 5.51 Å². The first-order valence-electron chi connectivity index (χ1n) is 5.80. The Morgan fingerprint density at radius 3 is 2.45 bits per heavy atom. The van der Waals surface area contributed by atoms with Crippen molar-refractivity contribution in [2.75, 3.05) is 5.32 Å². The van der Waals surface area contributed by atoms with Crippen molar-refractivity contribution in [1.29, 1.82) is 0 Å². The molecule has 0 aliphatic carbocycles. The van der Waals surface area contributed by atoms with Crippen LogP contribution < -0.4 is 5.32 Å². The number of benzene rings is 1. The maximum atomic E-state index is 12.2. The van der Waals surface area contributed by atoms with Crippen molar-refractivity contribution < 1.29 is 13.2 Å². The van der Waals surface area contributed by atoms with Gasteiger partial charge in [-0.15, -0.1) is 0 Å². The van der Waals surface area contributed by atoms with Crippen molar-refractivity contribution in [3.8, 4) is 0 Å². The normalized spacial score (nSPS) is 11.4. The van der Waals surface area contributed by atoms with Crippen LogP contribution in [0, 0.1) is 6.92 Å². The lowest BCUT2D eigenvalue weighted by atomic mass is 10.3. The van der Waals surface area contributed by atoms with E-state index in [0.717, 1.165) is 11.4 Å². The average molecular weight is 299 g/mol. The molecular weight excluding hydrogens is 287 g/mol. The first-order valence-corrected chi connectivity index (χ1v) is 6.62. The van der Waals surface area contributed by atoms with Crippen LogP contribution in [-0.4, -0.2) is 15.5 Å². The zero-order valence-corrected chi connectivity index (χ0v) is 11.4. The summed E-state index contributed by atoms with van der Waals surface area (Å²) in [5, 5.41) is 3.10. The molecule has 0 unspecified atom stereocenters. The Labute approximate surface area is 118 Å². The molecule has 1 heterocycles. The molecule has 0 spiro atoms. The third kappa shape index (κ3) is 4.73. The Bertz CT molecular complexity index is 570. The van der Waals surface area contributed by atoms with Crippen LogP contribution in [0.3, 0.4) is 0 Å². The van der Waals surface area contributed by atoms with Crippen molar-refractivity contribution in [1.82, 2.24) is 9.97 Å². The van der Waals surface area contributed by atoms with Gasteiger partial charge in [0.15, 0.2) is 0 Å². The third-order valence-corrected chi connectivity index (χ3v) is 3.13. The number of rotatable bonds is 4. The van der Waals surface area contributed by atoms with E-state index >= 15 is 0 Å². The van der Waals surface area contributed by atoms with E-state index < -0.39 is 5.51 Å². The molecule has 0 saturated heterocycles. The Hall–Kier alpha value is -1.76. The maximum Gasteiger partial charge on any atom is 0.446 e. The van der Waals surface area contributed by atoms with E-state index in [9.17, 15) is 13.2 Å². The number of hydrogen-bond donors (Lipinski definition) is 1. The highest BCUT2D eigenvalue weighted by molar-refractivity contribution is 8.00. The number of aryl methyl sites for hydroxylation is 1. The first-order chi connectivity index (χ1) is 9.42. The third-order valence-electron chi connectivity index (χ3n) is 2.40. The summed E-state index contributed by atoms with van der Waals surface area (Å²) in [7, 11) is 0. The van der Waals surface area contributed by atoms with Crippen LogP contribution in [-0.2, 0) is 6.54 Å². The van der Waals surface area contributed by atoms with E-state index in [4.69, 9.17) is 0 Å². The minimum absolute atomic E-state index is 0.123. The number of aromatic nitrogens is 2. The Morgan fingerprint density at radius 2 is 1.85 bits per heavy atom. The lowest BCUT2D eigenvalue weighted by molar-refractivity contribution is -0.0328. The Morgan fingerprint density at radius 1 is 1.15 bits per heavy atom. The maximum absolute atomic E-state index is 12.2. The summed E-state index contributed by atoms with van der Waals surface area (Å²) < 4.78 is 36.5. The fraction of sp³-hybridized carbons (Fsp3) is 0.231. The van der Waals surface area contributed by atoms with E-state index in [-0.39, 0.29) is 16.7 Å². The van der Waals surface area contributed by atoms with Gasteiger partial charge in [-0.05, 0) is 49.0 Å². The van der Waals surface area contributed by atoms with Gasteiger partial charge in [0.2, 0.25) is 0 Å². The lowest BCUT2D eigenvalue weighted by Crippen LogP contribution is -2.03. The highest BCUT2D eigenvalue weighted by atomic mass is 32.2. The summed E-state index contributed by atoms with van der Waals surface area (Å²) in [5.41, 5.74) is -2.69. The van der Waals surface area contributed by atoms with Gasteiger partial charge in [-0.2, -0.15) is 13.2 Å². The quantitative estimate of drug-likeness (QED) is 0.866. The minimum Gasteiger partial charge on any atom is -0.379 e. The van der Waals surface area contributed by atoms with Gasteiger partial charge < -0.3 is 5.32 Å². The molecule has 2 aromatic rings. The molecule has 1 N–H and O–H groups in total. The molecule has 0 bridgehead atoms. The summed E-state index contributed by atoms with van der Waals surface area (Å²) in [6.07, 6.45) is 1.67. The van der Waals surface area contributed by atoms with Crippen molar-refractivity contribution in [3.05, 3.63) is 48.0 Å². The van der Waals surface area contributed by atoms with Crippen LogP contribution in [0.15, 0.2) is 41.4 Å². The highest BCUT2D eigenvalue weighted by Crippen LogP contribution is 2.37. The molecule has 1 aromatic heterocycles. The predicted octanol–water partition coefficient (Wildman–Crippen LogP) is 4.01. The smallest absolute Gasteiger partial charge is 0.379 e. The van der Waals surface area contributed by atoms with E-state index in [1.165, 1.54) is 12.1 Å². The number of nitrogens with zero attached hydrogens (tertiary/aromatic N) is 2. The molecular formula is C13H12F3N3S. The first kappa shape index (κ1) is 14.6. The number of thioether (sulfide) groups is 1. The highest BCUT2D eigenvalue weighted by Gasteiger charge is 2.28. The summed E-state index contributed by atoms with van der Waals surface area (Å²) in [6, 6.07) is 7.88. The Kier molecular flexibility index (Phi) is 4.49. The SMILES string of the molecule is Cc1nccc(CNc2ccc(SC(F)(F)F)cc2)n1. The zero-order chi connectivity index (χ0) is 14.6. The predicted molar refractivity (Wildman–Crippen MR) is 72.4 cm³/mol. The molecule has 0 fully saturated rings. The molecule has 106 valence electrons.